The number of carboxylic acids is 1. The topological polar surface area (TPSA) is 92.9 Å². The third kappa shape index (κ3) is 2.40. The van der Waals surface area contributed by atoms with Crippen LogP contribution in [0.2, 0.25) is 0 Å². The number of carbonyl (C=O) groups is 2. The predicted molar refractivity (Wildman–Crippen MR) is 66.3 cm³/mol. The highest BCUT2D eigenvalue weighted by molar-refractivity contribution is 5.85. The van der Waals surface area contributed by atoms with Crippen molar-refractivity contribution in [3.8, 4) is 0 Å². The van der Waals surface area contributed by atoms with E-state index in [2.05, 4.69) is 5.16 Å². The molecule has 1 amide bonds. The van der Waals surface area contributed by atoms with Gasteiger partial charge in [-0.2, -0.15) is 0 Å². The average Bonchev–Trinajstić information content (AvgIpc) is 2.86. The van der Waals surface area contributed by atoms with Gasteiger partial charge < -0.3 is 19.3 Å². The van der Waals surface area contributed by atoms with Gasteiger partial charge in [0, 0.05) is 25.1 Å². The van der Waals surface area contributed by atoms with E-state index in [-0.39, 0.29) is 23.4 Å². The summed E-state index contributed by atoms with van der Waals surface area (Å²) in [4.78, 5) is 24.7. The van der Waals surface area contributed by atoms with Crippen LogP contribution in [0.1, 0.15) is 35.0 Å². The Bertz CT molecular complexity index is 515. The molecule has 0 bridgehead atoms. The minimum Gasteiger partial charge on any atom is -0.476 e. The fourth-order valence-corrected chi connectivity index (χ4v) is 2.60. The Labute approximate surface area is 115 Å². The third-order valence-corrected chi connectivity index (χ3v) is 3.94. The molecule has 7 nitrogen and oxygen atoms in total. The Morgan fingerprint density at radius 2 is 2.00 bits per heavy atom. The first-order chi connectivity index (χ1) is 9.65. The first-order valence-electron chi connectivity index (χ1n) is 6.71. The SMILES string of the molecule is O=C(O)c1cc(C2CCN(C(=O)C3COC3)CC2)on1. The van der Waals surface area contributed by atoms with Gasteiger partial charge in [0.25, 0.3) is 0 Å². The van der Waals surface area contributed by atoms with Crippen molar-refractivity contribution >= 4 is 11.9 Å². The van der Waals surface area contributed by atoms with Crippen molar-refractivity contribution in [3.05, 3.63) is 17.5 Å². The van der Waals surface area contributed by atoms with Crippen molar-refractivity contribution in [2.24, 2.45) is 5.92 Å². The van der Waals surface area contributed by atoms with Gasteiger partial charge in [0.2, 0.25) is 5.91 Å². The van der Waals surface area contributed by atoms with Crippen LogP contribution >= 0.6 is 0 Å². The molecule has 2 saturated heterocycles. The molecule has 0 radical (unpaired) electrons. The number of hydrogen-bond donors (Lipinski definition) is 1. The molecule has 1 aromatic rings. The molecule has 3 heterocycles. The Morgan fingerprint density at radius 1 is 1.30 bits per heavy atom. The molecule has 0 spiro atoms. The van der Waals surface area contributed by atoms with Crippen LogP contribution < -0.4 is 0 Å². The molecule has 108 valence electrons. The molecular formula is C13H16N2O5. The van der Waals surface area contributed by atoms with E-state index in [4.69, 9.17) is 14.4 Å². The molecule has 2 aliphatic heterocycles. The maximum atomic E-state index is 12.0. The van der Waals surface area contributed by atoms with Crippen LogP contribution in [0.5, 0.6) is 0 Å². The number of aromatic carboxylic acids is 1. The monoisotopic (exact) mass is 280 g/mol. The first-order valence-corrected chi connectivity index (χ1v) is 6.71. The normalized spacial score (nSPS) is 20.7. The number of ether oxygens (including phenoxy) is 1. The van der Waals surface area contributed by atoms with E-state index in [9.17, 15) is 9.59 Å². The van der Waals surface area contributed by atoms with Crippen molar-refractivity contribution in [2.75, 3.05) is 26.3 Å². The number of carboxylic acid groups (broad SMARTS) is 1. The lowest BCUT2D eigenvalue weighted by molar-refractivity contribution is -0.151. The second kappa shape index (κ2) is 5.24. The molecule has 2 aliphatic rings. The van der Waals surface area contributed by atoms with Gasteiger partial charge in [-0.3, -0.25) is 4.79 Å². The highest BCUT2D eigenvalue weighted by atomic mass is 16.5. The molecule has 1 N–H and O–H groups in total. The Morgan fingerprint density at radius 3 is 2.50 bits per heavy atom. The summed E-state index contributed by atoms with van der Waals surface area (Å²) >= 11 is 0. The zero-order valence-corrected chi connectivity index (χ0v) is 10.9. The number of carbonyl (C=O) groups excluding carboxylic acids is 1. The maximum Gasteiger partial charge on any atom is 0.358 e. The zero-order valence-electron chi connectivity index (χ0n) is 10.9. The third-order valence-electron chi connectivity index (χ3n) is 3.94. The van der Waals surface area contributed by atoms with Crippen molar-refractivity contribution < 1.29 is 24.0 Å². The molecule has 0 aromatic carbocycles. The summed E-state index contributed by atoms with van der Waals surface area (Å²) in [5, 5.41) is 12.3. The van der Waals surface area contributed by atoms with Gasteiger partial charge in [-0.05, 0) is 12.8 Å². The van der Waals surface area contributed by atoms with Gasteiger partial charge in [0.05, 0.1) is 19.1 Å². The quantitative estimate of drug-likeness (QED) is 0.877. The highest BCUT2D eigenvalue weighted by Crippen LogP contribution is 2.29. The number of piperidine rings is 1. The molecule has 3 rings (SSSR count). The van der Waals surface area contributed by atoms with Crippen molar-refractivity contribution in [1.29, 1.82) is 0 Å². The van der Waals surface area contributed by atoms with Crippen LogP contribution in [-0.2, 0) is 9.53 Å². The molecule has 0 unspecified atom stereocenters. The molecule has 20 heavy (non-hydrogen) atoms. The largest absolute Gasteiger partial charge is 0.476 e. The maximum absolute atomic E-state index is 12.0. The van der Waals surface area contributed by atoms with Gasteiger partial charge >= 0.3 is 5.97 Å². The van der Waals surface area contributed by atoms with Crippen molar-refractivity contribution in [2.45, 2.75) is 18.8 Å². The molecule has 1 aromatic heterocycles. The number of aromatic nitrogens is 1. The van der Waals surface area contributed by atoms with Crippen LogP contribution in [0.25, 0.3) is 0 Å². The fourth-order valence-electron chi connectivity index (χ4n) is 2.60. The van der Waals surface area contributed by atoms with Crippen LogP contribution in [0.3, 0.4) is 0 Å². The van der Waals surface area contributed by atoms with E-state index in [1.807, 2.05) is 4.90 Å². The van der Waals surface area contributed by atoms with Gasteiger partial charge in [0.15, 0.2) is 5.69 Å². The lowest BCUT2D eigenvalue weighted by Gasteiger charge is -2.35. The minimum atomic E-state index is -1.09. The van der Waals surface area contributed by atoms with E-state index in [1.54, 1.807) is 0 Å². The van der Waals surface area contributed by atoms with E-state index in [1.165, 1.54) is 6.07 Å². The molecular weight excluding hydrogens is 264 g/mol. The Kier molecular flexibility index (Phi) is 3.43. The standard InChI is InChI=1S/C13H16N2O5/c16-12(9-6-19-7-9)15-3-1-8(2-4-15)11-5-10(13(17)18)14-20-11/h5,8-9H,1-4,6-7H2,(H,17,18). The van der Waals surface area contributed by atoms with Gasteiger partial charge in [-0.25, -0.2) is 4.79 Å². The molecule has 2 fully saturated rings. The van der Waals surface area contributed by atoms with Crippen molar-refractivity contribution in [1.82, 2.24) is 10.1 Å². The smallest absolute Gasteiger partial charge is 0.358 e. The number of amides is 1. The second-order valence-electron chi connectivity index (χ2n) is 5.25. The van der Waals surface area contributed by atoms with Crippen LogP contribution in [0.15, 0.2) is 10.6 Å². The van der Waals surface area contributed by atoms with Gasteiger partial charge in [0.1, 0.15) is 5.76 Å². The van der Waals surface area contributed by atoms with E-state index in [0.29, 0.717) is 32.1 Å². The van der Waals surface area contributed by atoms with Gasteiger partial charge in [-0.15, -0.1) is 0 Å². The Hall–Kier alpha value is -1.89. The predicted octanol–water partition coefficient (Wildman–Crippen LogP) is 0.725. The summed E-state index contributed by atoms with van der Waals surface area (Å²) in [5.41, 5.74) is -0.0647. The molecule has 0 aliphatic carbocycles. The second-order valence-corrected chi connectivity index (χ2v) is 5.25. The van der Waals surface area contributed by atoms with E-state index in [0.717, 1.165) is 12.8 Å². The molecule has 0 atom stereocenters. The highest BCUT2D eigenvalue weighted by Gasteiger charge is 2.33. The summed E-state index contributed by atoms with van der Waals surface area (Å²) in [6.07, 6.45) is 1.54. The Balaban J connectivity index is 1.57. The van der Waals surface area contributed by atoms with Crippen LogP contribution in [0.4, 0.5) is 0 Å². The minimum absolute atomic E-state index is 0.0236. The summed E-state index contributed by atoms with van der Waals surface area (Å²) in [6.45, 7) is 2.40. The lowest BCUT2D eigenvalue weighted by Crippen LogP contribution is -2.47. The molecule has 0 saturated carbocycles. The first kappa shape index (κ1) is 13.1. The number of rotatable bonds is 3. The average molecular weight is 280 g/mol. The number of hydrogen-bond acceptors (Lipinski definition) is 5. The van der Waals surface area contributed by atoms with E-state index < -0.39 is 5.97 Å². The number of likely N-dealkylation sites (tertiary alicyclic amines) is 1. The summed E-state index contributed by atoms with van der Waals surface area (Å²) < 4.78 is 10.1. The van der Waals surface area contributed by atoms with Gasteiger partial charge in [-0.1, -0.05) is 5.16 Å². The zero-order chi connectivity index (χ0) is 14.1. The van der Waals surface area contributed by atoms with Crippen LogP contribution in [-0.4, -0.2) is 53.3 Å². The number of nitrogens with zero attached hydrogens (tertiary/aromatic N) is 2. The van der Waals surface area contributed by atoms with E-state index >= 15 is 0 Å². The summed E-state index contributed by atoms with van der Waals surface area (Å²) in [7, 11) is 0. The van der Waals surface area contributed by atoms with Crippen molar-refractivity contribution in [3.63, 3.8) is 0 Å². The lowest BCUT2D eigenvalue weighted by atomic mass is 9.93. The summed E-state index contributed by atoms with van der Waals surface area (Å²) in [6, 6.07) is 1.48. The van der Waals surface area contributed by atoms with Crippen LogP contribution in [0, 0.1) is 5.92 Å². The fraction of sp³-hybridized carbons (Fsp3) is 0.615. The summed E-state index contributed by atoms with van der Waals surface area (Å²) in [5.74, 6) is -0.162. The molecule has 7 heteroatoms.